The molecule has 1 aromatic heterocycles. The minimum absolute atomic E-state index is 0.122. The molecule has 0 bridgehead atoms. The predicted molar refractivity (Wildman–Crippen MR) is 101 cm³/mol. The van der Waals surface area contributed by atoms with Crippen LogP contribution in [0.25, 0.3) is 17.1 Å². The van der Waals surface area contributed by atoms with E-state index in [0.29, 0.717) is 11.5 Å². The first-order valence-corrected chi connectivity index (χ1v) is 8.25. The summed E-state index contributed by atoms with van der Waals surface area (Å²) < 4.78 is 1.69. The molecule has 1 N–H and O–H groups in total. The fourth-order valence-corrected chi connectivity index (χ4v) is 2.64. The molecule has 0 unspecified atom stereocenters. The van der Waals surface area contributed by atoms with Crippen molar-refractivity contribution in [2.75, 3.05) is 5.32 Å². The van der Waals surface area contributed by atoms with Crippen molar-refractivity contribution in [2.24, 2.45) is 0 Å². The van der Waals surface area contributed by atoms with Crippen LogP contribution in [0.5, 0.6) is 0 Å². The van der Waals surface area contributed by atoms with Gasteiger partial charge in [-0.1, -0.05) is 66.7 Å². The summed E-state index contributed by atoms with van der Waals surface area (Å²) in [5.74, 6) is 0.398. The van der Waals surface area contributed by atoms with Crippen molar-refractivity contribution in [2.45, 2.75) is 0 Å². The monoisotopic (exact) mass is 340 g/mol. The smallest absolute Gasteiger partial charge is 0.295 e. The number of hydrogen-bond acceptors (Lipinski definition) is 3. The number of carbonyl (C=O) groups excluding carboxylic acids is 1. The maximum absolute atomic E-state index is 12.6. The predicted octanol–water partition coefficient (Wildman–Crippen LogP) is 4.19. The first kappa shape index (κ1) is 15.8. The maximum atomic E-state index is 12.6. The van der Waals surface area contributed by atoms with Gasteiger partial charge >= 0.3 is 0 Å². The second-order valence-electron chi connectivity index (χ2n) is 5.69. The Hall–Kier alpha value is -3.73. The van der Waals surface area contributed by atoms with Gasteiger partial charge in [0, 0.05) is 11.3 Å². The number of rotatable bonds is 4. The summed E-state index contributed by atoms with van der Waals surface area (Å²) in [4.78, 5) is 17.1. The minimum atomic E-state index is -0.344. The van der Waals surface area contributed by atoms with E-state index in [2.05, 4.69) is 15.4 Å². The van der Waals surface area contributed by atoms with Gasteiger partial charge in [0.25, 0.3) is 5.91 Å². The molecule has 5 nitrogen and oxygen atoms in total. The number of nitrogens with one attached hydrogen (secondary N) is 1. The third-order valence-corrected chi connectivity index (χ3v) is 3.87. The zero-order chi connectivity index (χ0) is 17.8. The van der Waals surface area contributed by atoms with E-state index in [1.165, 1.54) is 0 Å². The topological polar surface area (TPSA) is 59.8 Å². The third kappa shape index (κ3) is 3.23. The normalized spacial score (nSPS) is 10.5. The number of carbonyl (C=O) groups is 1. The summed E-state index contributed by atoms with van der Waals surface area (Å²) in [5.41, 5.74) is 2.44. The van der Waals surface area contributed by atoms with Crippen LogP contribution in [0.4, 0.5) is 5.69 Å². The van der Waals surface area contributed by atoms with Crippen molar-refractivity contribution in [3.63, 3.8) is 0 Å². The van der Waals surface area contributed by atoms with Gasteiger partial charge in [-0.2, -0.15) is 0 Å². The Bertz CT molecular complexity index is 955. The van der Waals surface area contributed by atoms with Gasteiger partial charge in [0.2, 0.25) is 5.82 Å². The number of para-hydroxylation sites is 2. The average molecular weight is 340 g/mol. The van der Waals surface area contributed by atoms with Crippen LogP contribution < -0.4 is 5.32 Å². The number of amides is 1. The van der Waals surface area contributed by atoms with Crippen LogP contribution in [0.3, 0.4) is 0 Å². The lowest BCUT2D eigenvalue weighted by Crippen LogP contribution is -2.14. The fraction of sp³-hybridized carbons (Fsp3) is 0. The van der Waals surface area contributed by atoms with E-state index in [4.69, 9.17) is 0 Å². The molecule has 1 amide bonds. The fourth-order valence-electron chi connectivity index (χ4n) is 2.64. The molecule has 0 fully saturated rings. The van der Waals surface area contributed by atoms with Crippen LogP contribution in [-0.4, -0.2) is 20.7 Å². The molecule has 3 aromatic carbocycles. The highest BCUT2D eigenvalue weighted by molar-refractivity contribution is 6.01. The summed E-state index contributed by atoms with van der Waals surface area (Å²) in [6.07, 6.45) is 0. The van der Waals surface area contributed by atoms with E-state index in [1.807, 2.05) is 91.0 Å². The standard InChI is InChI=1S/C21H16N4O/c26-21(22-17-12-6-2-7-13-17)19-23-20(16-10-4-1-5-11-16)25(24-19)18-14-8-3-9-15-18/h1-15H,(H,22,26). The van der Waals surface area contributed by atoms with Crippen molar-refractivity contribution in [1.29, 1.82) is 0 Å². The minimum Gasteiger partial charge on any atom is -0.319 e. The first-order valence-electron chi connectivity index (χ1n) is 8.25. The van der Waals surface area contributed by atoms with Crippen molar-refractivity contribution < 1.29 is 4.79 Å². The molecule has 126 valence electrons. The van der Waals surface area contributed by atoms with Crippen LogP contribution >= 0.6 is 0 Å². The van der Waals surface area contributed by atoms with E-state index in [9.17, 15) is 4.79 Å². The third-order valence-electron chi connectivity index (χ3n) is 3.87. The van der Waals surface area contributed by atoms with E-state index in [0.717, 1.165) is 11.3 Å². The molecule has 0 saturated heterocycles. The van der Waals surface area contributed by atoms with Crippen LogP contribution in [-0.2, 0) is 0 Å². The van der Waals surface area contributed by atoms with Crippen LogP contribution in [0, 0.1) is 0 Å². The SMILES string of the molecule is O=C(Nc1ccccc1)c1nc(-c2ccccc2)n(-c2ccccc2)n1. The Morgan fingerprint density at radius 3 is 2.00 bits per heavy atom. The molecule has 4 rings (SSSR count). The van der Waals surface area contributed by atoms with Gasteiger partial charge in [-0.15, -0.1) is 5.10 Å². The van der Waals surface area contributed by atoms with Crippen LogP contribution in [0.1, 0.15) is 10.6 Å². The molecule has 1 heterocycles. The maximum Gasteiger partial charge on any atom is 0.295 e. The lowest BCUT2D eigenvalue weighted by molar-refractivity contribution is 0.101. The Balaban J connectivity index is 1.75. The van der Waals surface area contributed by atoms with Gasteiger partial charge in [-0.25, -0.2) is 9.67 Å². The average Bonchev–Trinajstić information content (AvgIpc) is 3.16. The van der Waals surface area contributed by atoms with Gasteiger partial charge in [-0.05, 0) is 24.3 Å². The molecule has 0 aliphatic heterocycles. The Kier molecular flexibility index (Phi) is 4.26. The molecule has 0 radical (unpaired) electrons. The highest BCUT2D eigenvalue weighted by atomic mass is 16.2. The van der Waals surface area contributed by atoms with E-state index >= 15 is 0 Å². The highest BCUT2D eigenvalue weighted by Gasteiger charge is 2.18. The van der Waals surface area contributed by atoms with E-state index in [1.54, 1.807) is 4.68 Å². The molecule has 0 spiro atoms. The lowest BCUT2D eigenvalue weighted by atomic mass is 10.2. The summed E-state index contributed by atoms with van der Waals surface area (Å²) in [6.45, 7) is 0. The van der Waals surface area contributed by atoms with Gasteiger partial charge in [0.1, 0.15) is 0 Å². The number of benzene rings is 3. The molecule has 26 heavy (non-hydrogen) atoms. The zero-order valence-electron chi connectivity index (χ0n) is 13.9. The molecule has 5 heteroatoms. The van der Waals surface area contributed by atoms with Crippen molar-refractivity contribution in [1.82, 2.24) is 14.8 Å². The number of nitrogens with zero attached hydrogens (tertiary/aromatic N) is 3. The number of hydrogen-bond donors (Lipinski definition) is 1. The van der Waals surface area contributed by atoms with Crippen molar-refractivity contribution in [3.8, 4) is 17.1 Å². The summed E-state index contributed by atoms with van der Waals surface area (Å²) in [6, 6.07) is 28.6. The summed E-state index contributed by atoms with van der Waals surface area (Å²) >= 11 is 0. The van der Waals surface area contributed by atoms with Crippen molar-refractivity contribution in [3.05, 3.63) is 96.8 Å². The Labute approximate surface area is 151 Å². The van der Waals surface area contributed by atoms with Crippen LogP contribution in [0.15, 0.2) is 91.0 Å². The number of anilines is 1. The lowest BCUT2D eigenvalue weighted by Gasteiger charge is -2.05. The van der Waals surface area contributed by atoms with Gasteiger partial charge in [-0.3, -0.25) is 4.79 Å². The first-order chi connectivity index (χ1) is 12.8. The van der Waals surface area contributed by atoms with Crippen molar-refractivity contribution >= 4 is 11.6 Å². The van der Waals surface area contributed by atoms with Gasteiger partial charge in [0.15, 0.2) is 5.82 Å². The molecule has 0 aliphatic carbocycles. The second kappa shape index (κ2) is 7.03. The molecule has 0 atom stereocenters. The van der Waals surface area contributed by atoms with E-state index in [-0.39, 0.29) is 11.7 Å². The largest absolute Gasteiger partial charge is 0.319 e. The van der Waals surface area contributed by atoms with Crippen LogP contribution in [0.2, 0.25) is 0 Å². The molecule has 4 aromatic rings. The Morgan fingerprint density at radius 1 is 0.769 bits per heavy atom. The Morgan fingerprint density at radius 2 is 1.35 bits per heavy atom. The molecule has 0 saturated carbocycles. The second-order valence-corrected chi connectivity index (χ2v) is 5.69. The van der Waals surface area contributed by atoms with Gasteiger partial charge in [0.05, 0.1) is 5.69 Å². The summed E-state index contributed by atoms with van der Waals surface area (Å²) in [7, 11) is 0. The quantitative estimate of drug-likeness (QED) is 0.606. The summed E-state index contributed by atoms with van der Waals surface area (Å²) in [5, 5.41) is 7.27. The molecular formula is C21H16N4O. The highest BCUT2D eigenvalue weighted by Crippen LogP contribution is 2.21. The van der Waals surface area contributed by atoms with Gasteiger partial charge < -0.3 is 5.32 Å². The zero-order valence-corrected chi connectivity index (χ0v) is 13.9. The number of aromatic nitrogens is 3. The molecular weight excluding hydrogens is 324 g/mol. The molecule has 0 aliphatic rings. The van der Waals surface area contributed by atoms with E-state index < -0.39 is 0 Å².